The third kappa shape index (κ3) is 3.65. The summed E-state index contributed by atoms with van der Waals surface area (Å²) in [6, 6.07) is 0. The minimum absolute atomic E-state index is 0.233. The lowest BCUT2D eigenvalue weighted by atomic mass is 10.1. The number of nitrogens with two attached hydrogens (primary N) is 1. The summed E-state index contributed by atoms with van der Waals surface area (Å²) in [7, 11) is 2.90. The molecule has 1 rings (SSSR count). The predicted octanol–water partition coefficient (Wildman–Crippen LogP) is -0.701. The lowest BCUT2D eigenvalue weighted by molar-refractivity contribution is -0.113. The van der Waals surface area contributed by atoms with Gasteiger partial charge < -0.3 is 25.3 Å². The molecule has 98 valence electrons. The van der Waals surface area contributed by atoms with E-state index in [9.17, 15) is 9.18 Å². The average molecular weight is 248 g/mol. The molecule has 1 saturated heterocycles. The molecule has 0 aromatic heterocycles. The van der Waals surface area contributed by atoms with Crippen LogP contribution in [0.5, 0.6) is 0 Å². The topological polar surface area (TPSA) is 82.8 Å². The second kappa shape index (κ2) is 6.53. The summed E-state index contributed by atoms with van der Waals surface area (Å²) in [6.07, 6.45) is -1.08. The number of ether oxygens (including phenoxy) is 3. The van der Waals surface area contributed by atoms with Crippen molar-refractivity contribution in [2.24, 2.45) is 5.73 Å². The van der Waals surface area contributed by atoms with Crippen molar-refractivity contribution in [2.75, 3.05) is 20.8 Å². The number of nitrogens with one attached hydrogen (secondary N) is 1. The zero-order chi connectivity index (χ0) is 12.8. The van der Waals surface area contributed by atoms with Crippen molar-refractivity contribution in [1.82, 2.24) is 5.32 Å². The van der Waals surface area contributed by atoms with Gasteiger partial charge in [-0.25, -0.2) is 4.39 Å². The molecule has 6 nitrogen and oxygen atoms in total. The third-order valence-corrected chi connectivity index (χ3v) is 2.40. The van der Waals surface area contributed by atoms with Crippen LogP contribution >= 0.6 is 0 Å². The monoisotopic (exact) mass is 248 g/mol. The van der Waals surface area contributed by atoms with E-state index in [1.807, 2.05) is 0 Å². The van der Waals surface area contributed by atoms with E-state index in [-0.39, 0.29) is 6.61 Å². The Balaban J connectivity index is 2.54. The number of carbonyl (C=O) groups is 1. The Hall–Kier alpha value is -1.18. The lowest BCUT2D eigenvalue weighted by Crippen LogP contribution is -2.36. The summed E-state index contributed by atoms with van der Waals surface area (Å²) in [6.45, 7) is 0.233. The first-order valence-corrected chi connectivity index (χ1v) is 5.13. The molecule has 0 bridgehead atoms. The third-order valence-electron chi connectivity index (χ3n) is 2.40. The first kappa shape index (κ1) is 13.9. The van der Waals surface area contributed by atoms with Gasteiger partial charge >= 0.3 is 0 Å². The number of hydrogen-bond acceptors (Lipinski definition) is 5. The molecule has 0 saturated carbocycles. The number of alkyl halides is 1. The lowest BCUT2D eigenvalue weighted by Gasteiger charge is -2.15. The number of rotatable bonds is 6. The van der Waals surface area contributed by atoms with E-state index in [0.29, 0.717) is 0 Å². The van der Waals surface area contributed by atoms with E-state index in [1.165, 1.54) is 20.4 Å². The number of methoxy groups -OCH3 is 2. The van der Waals surface area contributed by atoms with Crippen molar-refractivity contribution in [3.63, 3.8) is 0 Å². The van der Waals surface area contributed by atoms with Gasteiger partial charge in [0.05, 0.1) is 6.61 Å². The Morgan fingerprint density at radius 2 is 2.29 bits per heavy atom. The fourth-order valence-corrected chi connectivity index (χ4v) is 1.65. The molecule has 1 heterocycles. The maximum absolute atomic E-state index is 13.8. The van der Waals surface area contributed by atoms with Crippen LogP contribution in [-0.4, -0.2) is 51.3 Å². The maximum atomic E-state index is 13.8. The molecule has 0 spiro atoms. The molecule has 1 aliphatic heterocycles. The van der Waals surface area contributed by atoms with E-state index in [2.05, 4.69) is 5.32 Å². The molecule has 0 radical (unpaired) electrons. The van der Waals surface area contributed by atoms with Gasteiger partial charge in [0.2, 0.25) is 5.91 Å². The summed E-state index contributed by atoms with van der Waals surface area (Å²) >= 11 is 0. The van der Waals surface area contributed by atoms with Gasteiger partial charge in [-0.15, -0.1) is 0 Å². The normalized spacial score (nSPS) is 33.1. The molecular weight excluding hydrogens is 231 g/mol. The Kier molecular flexibility index (Phi) is 5.33. The van der Waals surface area contributed by atoms with E-state index in [1.54, 1.807) is 0 Å². The van der Waals surface area contributed by atoms with Crippen LogP contribution in [0.2, 0.25) is 0 Å². The van der Waals surface area contributed by atoms with Crippen molar-refractivity contribution in [1.29, 1.82) is 0 Å². The number of amides is 1. The van der Waals surface area contributed by atoms with Gasteiger partial charge in [0.15, 0.2) is 12.4 Å². The van der Waals surface area contributed by atoms with Gasteiger partial charge in [0, 0.05) is 26.5 Å². The predicted molar refractivity (Wildman–Crippen MR) is 57.7 cm³/mol. The van der Waals surface area contributed by atoms with Gasteiger partial charge in [-0.1, -0.05) is 0 Å². The van der Waals surface area contributed by atoms with Crippen LogP contribution < -0.4 is 11.1 Å². The van der Waals surface area contributed by atoms with Gasteiger partial charge in [0.1, 0.15) is 12.2 Å². The number of primary amides is 1. The van der Waals surface area contributed by atoms with Gasteiger partial charge in [-0.2, -0.15) is 0 Å². The molecule has 0 aromatic rings. The summed E-state index contributed by atoms with van der Waals surface area (Å²) in [5.41, 5.74) is 4.90. The molecule has 4 unspecified atom stereocenters. The van der Waals surface area contributed by atoms with Crippen LogP contribution in [0.4, 0.5) is 4.39 Å². The SMILES string of the molecule is COCC1OC(N/C=C\C(N)=O)C(F)C1OC. The number of hydrogen-bond donors (Lipinski definition) is 2. The van der Waals surface area contributed by atoms with Gasteiger partial charge in [0.25, 0.3) is 0 Å². The summed E-state index contributed by atoms with van der Waals surface area (Å²) in [4.78, 5) is 10.5. The van der Waals surface area contributed by atoms with Gasteiger partial charge in [-0.3, -0.25) is 4.79 Å². The van der Waals surface area contributed by atoms with E-state index in [4.69, 9.17) is 19.9 Å². The molecule has 0 aliphatic carbocycles. The second-order valence-corrected chi connectivity index (χ2v) is 3.60. The van der Waals surface area contributed by atoms with E-state index >= 15 is 0 Å². The highest BCUT2D eigenvalue weighted by Crippen LogP contribution is 2.25. The molecule has 4 atom stereocenters. The fraction of sp³-hybridized carbons (Fsp3) is 0.700. The molecule has 7 heteroatoms. The quantitative estimate of drug-likeness (QED) is 0.607. The molecule has 17 heavy (non-hydrogen) atoms. The molecular formula is C10H17FN2O4. The van der Waals surface area contributed by atoms with Crippen LogP contribution in [0.25, 0.3) is 0 Å². The molecule has 1 fully saturated rings. The Morgan fingerprint density at radius 1 is 1.59 bits per heavy atom. The minimum atomic E-state index is -1.35. The largest absolute Gasteiger partial charge is 0.382 e. The zero-order valence-corrected chi connectivity index (χ0v) is 9.76. The average Bonchev–Trinajstić information content (AvgIpc) is 2.55. The smallest absolute Gasteiger partial charge is 0.242 e. The van der Waals surface area contributed by atoms with Crippen LogP contribution in [0, 0.1) is 0 Å². The van der Waals surface area contributed by atoms with Crippen molar-refractivity contribution in [3.05, 3.63) is 12.3 Å². The molecule has 3 N–H and O–H groups in total. The Morgan fingerprint density at radius 3 is 2.82 bits per heavy atom. The minimum Gasteiger partial charge on any atom is -0.382 e. The number of halogens is 1. The number of carbonyl (C=O) groups excluding carboxylic acids is 1. The molecule has 0 aromatic carbocycles. The fourth-order valence-electron chi connectivity index (χ4n) is 1.65. The zero-order valence-electron chi connectivity index (χ0n) is 9.76. The van der Waals surface area contributed by atoms with Crippen molar-refractivity contribution in [2.45, 2.75) is 24.6 Å². The summed E-state index contributed by atoms with van der Waals surface area (Å²) in [5, 5.41) is 2.60. The van der Waals surface area contributed by atoms with Crippen LogP contribution in [0.15, 0.2) is 12.3 Å². The Labute approximate surface area is 98.9 Å². The molecule has 1 aliphatic rings. The van der Waals surface area contributed by atoms with Crippen LogP contribution in [0.1, 0.15) is 0 Å². The van der Waals surface area contributed by atoms with E-state index < -0.39 is 30.5 Å². The summed E-state index contributed by atoms with van der Waals surface area (Å²) < 4.78 is 29.1. The highest BCUT2D eigenvalue weighted by Gasteiger charge is 2.45. The van der Waals surface area contributed by atoms with Crippen molar-refractivity contribution >= 4 is 5.91 Å². The van der Waals surface area contributed by atoms with Crippen LogP contribution in [-0.2, 0) is 19.0 Å². The first-order chi connectivity index (χ1) is 8.10. The second-order valence-electron chi connectivity index (χ2n) is 3.60. The van der Waals surface area contributed by atoms with Gasteiger partial charge in [-0.05, 0) is 0 Å². The first-order valence-electron chi connectivity index (χ1n) is 5.13. The van der Waals surface area contributed by atoms with Crippen molar-refractivity contribution < 1.29 is 23.4 Å². The molecule has 1 amide bonds. The highest BCUT2D eigenvalue weighted by molar-refractivity contribution is 5.85. The van der Waals surface area contributed by atoms with E-state index in [0.717, 1.165) is 6.08 Å². The van der Waals surface area contributed by atoms with Crippen molar-refractivity contribution in [3.8, 4) is 0 Å². The van der Waals surface area contributed by atoms with Crippen LogP contribution in [0.3, 0.4) is 0 Å². The highest BCUT2D eigenvalue weighted by atomic mass is 19.1. The maximum Gasteiger partial charge on any atom is 0.242 e. The summed E-state index contributed by atoms with van der Waals surface area (Å²) in [5.74, 6) is -0.623. The standard InChI is InChI=1S/C10H17FN2O4/c1-15-5-6-9(16-2)8(11)10(17-6)13-4-3-7(12)14/h3-4,6,8-10,13H,5H2,1-2H3,(H2,12,14)/b4-3-. The Bertz CT molecular complexity index is 287.